The van der Waals surface area contributed by atoms with E-state index in [1.807, 2.05) is 0 Å². The molecule has 1 aliphatic heterocycles. The van der Waals surface area contributed by atoms with E-state index >= 15 is 0 Å². The zero-order chi connectivity index (χ0) is 23.8. The van der Waals surface area contributed by atoms with E-state index < -0.39 is 29.4 Å². The first-order valence-electron chi connectivity index (χ1n) is 9.79. The molecule has 1 aliphatic rings. The minimum Gasteiger partial charge on any atom is -0.465 e. The van der Waals surface area contributed by atoms with Crippen LogP contribution in [0.3, 0.4) is 0 Å². The van der Waals surface area contributed by atoms with Crippen molar-refractivity contribution in [3.63, 3.8) is 0 Å². The summed E-state index contributed by atoms with van der Waals surface area (Å²) in [7, 11) is 2.68. The minimum absolute atomic E-state index is 0.217. The first kappa shape index (κ1) is 23.2. The van der Waals surface area contributed by atoms with Crippen LogP contribution in [0.1, 0.15) is 46.3 Å². The SMILES string of the molecule is Cc1nc(C2CCN(C(=O)O)CC2)c(C(=O)N(C)c2cccc(C(F)(F)F)n2)c(=O)n1C. The first-order valence-corrected chi connectivity index (χ1v) is 9.79. The zero-order valence-corrected chi connectivity index (χ0v) is 17.7. The maximum absolute atomic E-state index is 13.3. The van der Waals surface area contributed by atoms with Crippen molar-refractivity contribution in [3.05, 3.63) is 51.3 Å². The summed E-state index contributed by atoms with van der Waals surface area (Å²) in [5.74, 6) is -1.08. The van der Waals surface area contributed by atoms with Crippen molar-refractivity contribution < 1.29 is 27.9 Å². The van der Waals surface area contributed by atoms with E-state index in [0.717, 1.165) is 17.0 Å². The fourth-order valence-corrected chi connectivity index (χ4v) is 3.61. The van der Waals surface area contributed by atoms with E-state index in [2.05, 4.69) is 9.97 Å². The summed E-state index contributed by atoms with van der Waals surface area (Å²) in [6.45, 7) is 2.03. The Kier molecular flexibility index (Phi) is 6.24. The summed E-state index contributed by atoms with van der Waals surface area (Å²) in [6, 6.07) is 3.16. The Morgan fingerprint density at radius 3 is 2.38 bits per heavy atom. The lowest BCUT2D eigenvalue weighted by Crippen LogP contribution is -2.40. The van der Waals surface area contributed by atoms with Crippen molar-refractivity contribution in [1.29, 1.82) is 0 Å². The number of pyridine rings is 1. The number of carboxylic acid groups (broad SMARTS) is 1. The second-order valence-corrected chi connectivity index (χ2v) is 7.57. The number of amides is 2. The van der Waals surface area contributed by atoms with E-state index in [0.29, 0.717) is 18.7 Å². The van der Waals surface area contributed by atoms with E-state index in [1.165, 1.54) is 29.6 Å². The van der Waals surface area contributed by atoms with E-state index in [-0.39, 0.29) is 36.1 Å². The number of rotatable bonds is 3. The smallest absolute Gasteiger partial charge is 0.433 e. The van der Waals surface area contributed by atoms with Crippen molar-refractivity contribution in [1.82, 2.24) is 19.4 Å². The van der Waals surface area contributed by atoms with Gasteiger partial charge in [-0.3, -0.25) is 19.1 Å². The van der Waals surface area contributed by atoms with Crippen LogP contribution in [0, 0.1) is 6.92 Å². The van der Waals surface area contributed by atoms with Gasteiger partial charge in [0.2, 0.25) is 0 Å². The molecule has 0 aliphatic carbocycles. The molecule has 3 heterocycles. The van der Waals surface area contributed by atoms with Crippen LogP contribution in [0.4, 0.5) is 23.8 Å². The molecular weight excluding hydrogens is 431 g/mol. The lowest BCUT2D eigenvalue weighted by Gasteiger charge is -2.31. The molecular formula is C20H22F3N5O4. The molecule has 0 bridgehead atoms. The number of halogens is 3. The van der Waals surface area contributed by atoms with Gasteiger partial charge in [-0.1, -0.05) is 6.07 Å². The van der Waals surface area contributed by atoms with Gasteiger partial charge in [0.1, 0.15) is 22.9 Å². The van der Waals surface area contributed by atoms with Crippen molar-refractivity contribution >= 4 is 17.8 Å². The molecule has 2 aromatic heterocycles. The Morgan fingerprint density at radius 2 is 1.81 bits per heavy atom. The van der Waals surface area contributed by atoms with Crippen LogP contribution < -0.4 is 10.5 Å². The molecule has 2 amide bonds. The predicted octanol–water partition coefficient (Wildman–Crippen LogP) is 2.64. The number of piperidine rings is 1. The van der Waals surface area contributed by atoms with Crippen LogP contribution >= 0.6 is 0 Å². The number of anilines is 1. The molecule has 3 rings (SSSR count). The molecule has 172 valence electrons. The normalized spacial score (nSPS) is 15.0. The number of hydrogen-bond acceptors (Lipinski definition) is 5. The third-order valence-electron chi connectivity index (χ3n) is 5.58. The van der Waals surface area contributed by atoms with Gasteiger partial charge in [-0.2, -0.15) is 13.2 Å². The molecule has 0 aromatic carbocycles. The van der Waals surface area contributed by atoms with Gasteiger partial charge in [0.05, 0.1) is 5.69 Å². The van der Waals surface area contributed by atoms with Crippen LogP contribution in [-0.4, -0.2) is 56.7 Å². The van der Waals surface area contributed by atoms with Crippen LogP contribution in [0.2, 0.25) is 0 Å². The number of aryl methyl sites for hydroxylation is 1. The Bertz CT molecular complexity index is 1110. The molecule has 9 nitrogen and oxygen atoms in total. The van der Waals surface area contributed by atoms with Crippen molar-refractivity contribution in [2.24, 2.45) is 7.05 Å². The number of carbonyl (C=O) groups excluding carboxylic acids is 1. The summed E-state index contributed by atoms with van der Waals surface area (Å²) in [4.78, 5) is 47.5. The monoisotopic (exact) mass is 453 g/mol. The van der Waals surface area contributed by atoms with Gasteiger partial charge in [-0.05, 0) is 31.9 Å². The van der Waals surface area contributed by atoms with Crippen molar-refractivity contribution in [2.75, 3.05) is 25.0 Å². The number of carbonyl (C=O) groups is 2. The fourth-order valence-electron chi connectivity index (χ4n) is 3.61. The van der Waals surface area contributed by atoms with E-state index in [4.69, 9.17) is 5.11 Å². The van der Waals surface area contributed by atoms with Gasteiger partial charge in [0, 0.05) is 33.1 Å². The zero-order valence-electron chi connectivity index (χ0n) is 17.7. The highest BCUT2D eigenvalue weighted by molar-refractivity contribution is 6.05. The third-order valence-corrected chi connectivity index (χ3v) is 5.58. The van der Waals surface area contributed by atoms with Gasteiger partial charge >= 0.3 is 12.3 Å². The Labute approximate surface area is 181 Å². The number of hydrogen-bond donors (Lipinski definition) is 1. The van der Waals surface area contributed by atoms with Crippen LogP contribution in [0.15, 0.2) is 23.0 Å². The molecule has 1 fully saturated rings. The van der Waals surface area contributed by atoms with Gasteiger partial charge in [-0.25, -0.2) is 14.8 Å². The van der Waals surface area contributed by atoms with E-state index in [1.54, 1.807) is 6.92 Å². The second kappa shape index (κ2) is 8.60. The second-order valence-electron chi connectivity index (χ2n) is 7.57. The van der Waals surface area contributed by atoms with Gasteiger partial charge in [0.15, 0.2) is 0 Å². The Balaban J connectivity index is 2.02. The average Bonchev–Trinajstić information content (AvgIpc) is 2.76. The highest BCUT2D eigenvalue weighted by Crippen LogP contribution is 2.31. The summed E-state index contributed by atoms with van der Waals surface area (Å²) in [6.07, 6.45) is -5.02. The lowest BCUT2D eigenvalue weighted by atomic mass is 9.90. The highest BCUT2D eigenvalue weighted by atomic mass is 19.4. The van der Waals surface area contributed by atoms with Gasteiger partial charge in [0.25, 0.3) is 11.5 Å². The number of nitrogens with zero attached hydrogens (tertiary/aromatic N) is 5. The number of aromatic nitrogens is 3. The molecule has 2 aromatic rings. The molecule has 0 spiro atoms. The Hall–Kier alpha value is -3.44. The largest absolute Gasteiger partial charge is 0.465 e. The molecule has 1 saturated heterocycles. The molecule has 32 heavy (non-hydrogen) atoms. The summed E-state index contributed by atoms with van der Waals surface area (Å²) in [5, 5.41) is 9.15. The van der Waals surface area contributed by atoms with Crippen LogP contribution in [0.25, 0.3) is 0 Å². The van der Waals surface area contributed by atoms with E-state index in [9.17, 15) is 27.6 Å². The summed E-state index contributed by atoms with van der Waals surface area (Å²) < 4.78 is 40.3. The van der Waals surface area contributed by atoms with Crippen molar-refractivity contribution in [2.45, 2.75) is 31.9 Å². The van der Waals surface area contributed by atoms with Crippen LogP contribution in [-0.2, 0) is 13.2 Å². The van der Waals surface area contributed by atoms with Gasteiger partial charge < -0.3 is 10.0 Å². The topological polar surface area (TPSA) is 109 Å². The summed E-state index contributed by atoms with van der Waals surface area (Å²) >= 11 is 0. The Morgan fingerprint density at radius 1 is 1.19 bits per heavy atom. The number of likely N-dealkylation sites (tertiary alicyclic amines) is 1. The number of alkyl halides is 3. The molecule has 0 unspecified atom stereocenters. The molecule has 0 atom stereocenters. The maximum Gasteiger partial charge on any atom is 0.433 e. The fraction of sp³-hybridized carbons (Fsp3) is 0.450. The summed E-state index contributed by atoms with van der Waals surface area (Å²) in [5.41, 5.74) is -1.82. The highest BCUT2D eigenvalue weighted by Gasteiger charge is 2.34. The van der Waals surface area contributed by atoms with Crippen molar-refractivity contribution in [3.8, 4) is 0 Å². The minimum atomic E-state index is -4.69. The van der Waals surface area contributed by atoms with Crippen LogP contribution in [0.5, 0.6) is 0 Å². The molecule has 12 heteroatoms. The molecule has 0 saturated carbocycles. The maximum atomic E-state index is 13.3. The van der Waals surface area contributed by atoms with Gasteiger partial charge in [-0.15, -0.1) is 0 Å². The predicted molar refractivity (Wildman–Crippen MR) is 108 cm³/mol. The molecule has 1 N–H and O–H groups in total. The average molecular weight is 453 g/mol. The lowest BCUT2D eigenvalue weighted by molar-refractivity contribution is -0.141. The third kappa shape index (κ3) is 4.43. The quantitative estimate of drug-likeness (QED) is 0.766. The first-order chi connectivity index (χ1) is 14.9. The standard InChI is InChI=1S/C20H22F3N5O4/c1-11-24-16(12-7-9-28(10-8-12)19(31)32)15(17(29)26(11)2)18(30)27(3)14-6-4-5-13(25-14)20(21,22)23/h4-6,12H,7-10H2,1-3H3,(H,31,32). The molecule has 0 radical (unpaired) electrons.